The Labute approximate surface area is 79.7 Å². The first-order valence-corrected chi connectivity index (χ1v) is 3.64. The van der Waals surface area contributed by atoms with E-state index in [2.05, 4.69) is 5.92 Å². The third-order valence-corrected chi connectivity index (χ3v) is 1.45. The van der Waals surface area contributed by atoms with Gasteiger partial charge in [-0.2, -0.15) is 5.26 Å². The van der Waals surface area contributed by atoms with E-state index in [9.17, 15) is 8.78 Å². The molecule has 2 nitrogen and oxygen atoms in total. The first kappa shape index (κ1) is 10.0. The summed E-state index contributed by atoms with van der Waals surface area (Å²) in [5, 5.41) is 8.56. The molecule has 0 aromatic heterocycles. The molecule has 0 aliphatic carbocycles. The molecule has 0 saturated heterocycles. The first-order chi connectivity index (χ1) is 6.69. The second kappa shape index (κ2) is 4.25. The van der Waals surface area contributed by atoms with Crippen LogP contribution in [0.25, 0.3) is 0 Å². The summed E-state index contributed by atoms with van der Waals surface area (Å²) < 4.78 is 30.2. The minimum absolute atomic E-state index is 0.0515. The van der Waals surface area contributed by atoms with Crippen LogP contribution < -0.4 is 4.74 Å². The molecule has 0 bridgehead atoms. The van der Waals surface area contributed by atoms with Crippen molar-refractivity contribution in [3.63, 3.8) is 0 Å². The molecular formula is C10H5F2NO. The van der Waals surface area contributed by atoms with Crippen LogP contribution in [-0.4, -0.2) is 6.61 Å². The summed E-state index contributed by atoms with van der Waals surface area (Å²) >= 11 is 0. The maximum atomic E-state index is 12.7. The van der Waals surface area contributed by atoms with Gasteiger partial charge in [0.2, 0.25) is 0 Å². The van der Waals surface area contributed by atoms with Gasteiger partial charge in [0, 0.05) is 6.07 Å². The smallest absolute Gasteiger partial charge is 0.162 e. The van der Waals surface area contributed by atoms with Crippen molar-refractivity contribution in [1.29, 1.82) is 5.26 Å². The van der Waals surface area contributed by atoms with Crippen molar-refractivity contribution in [2.75, 3.05) is 6.61 Å². The van der Waals surface area contributed by atoms with Crippen LogP contribution in [-0.2, 0) is 0 Å². The van der Waals surface area contributed by atoms with Gasteiger partial charge in [0.25, 0.3) is 0 Å². The fourth-order valence-electron chi connectivity index (χ4n) is 0.855. The van der Waals surface area contributed by atoms with Crippen molar-refractivity contribution in [3.05, 3.63) is 29.3 Å². The first-order valence-electron chi connectivity index (χ1n) is 3.64. The zero-order valence-corrected chi connectivity index (χ0v) is 7.05. The Morgan fingerprint density at radius 3 is 2.57 bits per heavy atom. The zero-order valence-electron chi connectivity index (χ0n) is 7.05. The van der Waals surface area contributed by atoms with Crippen LogP contribution in [0.4, 0.5) is 8.78 Å². The molecular weight excluding hydrogens is 188 g/mol. The monoisotopic (exact) mass is 193 g/mol. The normalized spacial score (nSPS) is 8.86. The maximum Gasteiger partial charge on any atom is 0.162 e. The van der Waals surface area contributed by atoms with E-state index < -0.39 is 11.6 Å². The number of nitrogens with zero attached hydrogens (tertiary/aromatic N) is 1. The van der Waals surface area contributed by atoms with Gasteiger partial charge >= 0.3 is 0 Å². The fourth-order valence-corrected chi connectivity index (χ4v) is 0.855. The van der Waals surface area contributed by atoms with E-state index in [4.69, 9.17) is 16.4 Å². The molecule has 0 atom stereocenters. The number of benzene rings is 1. The summed E-state index contributed by atoms with van der Waals surface area (Å²) in [5.74, 6) is -0.0592. The second-order valence-electron chi connectivity index (χ2n) is 2.37. The Hall–Kier alpha value is -2.07. The minimum Gasteiger partial charge on any atom is -0.479 e. The largest absolute Gasteiger partial charge is 0.479 e. The lowest BCUT2D eigenvalue weighted by Crippen LogP contribution is -1.98. The predicted octanol–water partition coefficient (Wildman–Crippen LogP) is 1.85. The Morgan fingerprint density at radius 2 is 2.00 bits per heavy atom. The van der Waals surface area contributed by atoms with Crippen molar-refractivity contribution in [2.24, 2.45) is 0 Å². The quantitative estimate of drug-likeness (QED) is 0.671. The van der Waals surface area contributed by atoms with Crippen molar-refractivity contribution < 1.29 is 13.5 Å². The summed E-state index contributed by atoms with van der Waals surface area (Å²) in [4.78, 5) is 0. The number of halogens is 2. The van der Waals surface area contributed by atoms with Gasteiger partial charge in [-0.1, -0.05) is 5.92 Å². The summed E-state index contributed by atoms with van der Waals surface area (Å²) in [6.07, 6.45) is 4.91. The number of rotatable bonds is 2. The van der Waals surface area contributed by atoms with Crippen LogP contribution in [0.3, 0.4) is 0 Å². The molecule has 70 valence electrons. The fraction of sp³-hybridized carbons (Fsp3) is 0.100. The van der Waals surface area contributed by atoms with Crippen LogP contribution in [0.2, 0.25) is 0 Å². The van der Waals surface area contributed by atoms with Crippen molar-refractivity contribution in [2.45, 2.75) is 0 Å². The third-order valence-electron chi connectivity index (χ3n) is 1.45. The molecule has 0 radical (unpaired) electrons. The second-order valence-corrected chi connectivity index (χ2v) is 2.37. The molecule has 0 aliphatic heterocycles. The molecule has 14 heavy (non-hydrogen) atoms. The van der Waals surface area contributed by atoms with Gasteiger partial charge in [-0.15, -0.1) is 6.42 Å². The number of terminal acetylenes is 1. The summed E-state index contributed by atoms with van der Waals surface area (Å²) in [6, 6.07) is 3.23. The Balaban J connectivity index is 3.10. The topological polar surface area (TPSA) is 33.0 Å². The molecule has 0 heterocycles. The molecule has 0 unspecified atom stereocenters. The van der Waals surface area contributed by atoms with Gasteiger partial charge in [-0.3, -0.25) is 0 Å². The molecule has 4 heteroatoms. The highest BCUT2D eigenvalue weighted by Crippen LogP contribution is 2.21. The Morgan fingerprint density at radius 1 is 1.36 bits per heavy atom. The van der Waals surface area contributed by atoms with Crippen molar-refractivity contribution in [3.8, 4) is 24.2 Å². The molecule has 0 N–H and O–H groups in total. The predicted molar refractivity (Wildman–Crippen MR) is 45.4 cm³/mol. The average molecular weight is 193 g/mol. The van der Waals surface area contributed by atoms with E-state index >= 15 is 0 Å². The summed E-state index contributed by atoms with van der Waals surface area (Å²) in [6.45, 7) is -0.0975. The SMILES string of the molecule is C#CCOc1cc(F)c(F)cc1C#N. The van der Waals surface area contributed by atoms with E-state index in [1.165, 1.54) is 0 Å². The molecule has 0 aliphatic rings. The Bertz CT molecular complexity index is 429. The van der Waals surface area contributed by atoms with Gasteiger partial charge < -0.3 is 4.74 Å². The van der Waals surface area contributed by atoms with Crippen LogP contribution in [0.15, 0.2) is 12.1 Å². The van der Waals surface area contributed by atoms with Crippen LogP contribution >= 0.6 is 0 Å². The highest BCUT2D eigenvalue weighted by atomic mass is 19.2. The van der Waals surface area contributed by atoms with Gasteiger partial charge in [0.05, 0.1) is 5.56 Å². The molecule has 0 saturated carbocycles. The Kier molecular flexibility index (Phi) is 3.04. The number of nitriles is 1. The summed E-state index contributed by atoms with van der Waals surface area (Å²) in [5.41, 5.74) is -0.0841. The number of hydrogen-bond donors (Lipinski definition) is 0. The van der Waals surface area contributed by atoms with Crippen LogP contribution in [0, 0.1) is 35.3 Å². The lowest BCUT2D eigenvalue weighted by molar-refractivity contribution is 0.364. The van der Waals surface area contributed by atoms with Crippen LogP contribution in [0.1, 0.15) is 5.56 Å². The molecule has 1 aromatic rings. The lowest BCUT2D eigenvalue weighted by Gasteiger charge is -2.04. The minimum atomic E-state index is -1.09. The zero-order chi connectivity index (χ0) is 10.6. The van der Waals surface area contributed by atoms with Gasteiger partial charge in [0.15, 0.2) is 11.6 Å². The van der Waals surface area contributed by atoms with E-state index in [0.29, 0.717) is 0 Å². The average Bonchev–Trinajstić information content (AvgIpc) is 2.19. The van der Waals surface area contributed by atoms with Gasteiger partial charge in [-0.25, -0.2) is 8.78 Å². The van der Waals surface area contributed by atoms with Crippen molar-refractivity contribution in [1.82, 2.24) is 0 Å². The maximum absolute atomic E-state index is 12.7. The standard InChI is InChI=1S/C10H5F2NO/c1-2-3-14-10-5-9(12)8(11)4-7(10)6-13/h1,4-5H,3H2. The third kappa shape index (κ3) is 1.99. The van der Waals surface area contributed by atoms with E-state index in [1.54, 1.807) is 6.07 Å². The van der Waals surface area contributed by atoms with E-state index in [-0.39, 0.29) is 17.9 Å². The molecule has 1 rings (SSSR count). The van der Waals surface area contributed by atoms with Gasteiger partial charge in [-0.05, 0) is 6.07 Å². The molecule has 0 amide bonds. The highest BCUT2D eigenvalue weighted by Gasteiger charge is 2.09. The molecule has 0 spiro atoms. The van der Waals surface area contributed by atoms with Crippen molar-refractivity contribution >= 4 is 0 Å². The van der Waals surface area contributed by atoms with Gasteiger partial charge in [0.1, 0.15) is 18.4 Å². The van der Waals surface area contributed by atoms with E-state index in [1.807, 2.05) is 0 Å². The summed E-state index contributed by atoms with van der Waals surface area (Å²) in [7, 11) is 0. The molecule has 1 aromatic carbocycles. The van der Waals surface area contributed by atoms with E-state index in [0.717, 1.165) is 12.1 Å². The number of hydrogen-bond acceptors (Lipinski definition) is 2. The highest BCUT2D eigenvalue weighted by molar-refractivity contribution is 5.43. The van der Waals surface area contributed by atoms with Crippen LogP contribution in [0.5, 0.6) is 5.75 Å². The molecule has 0 fully saturated rings. The lowest BCUT2D eigenvalue weighted by atomic mass is 10.2. The number of ether oxygens (including phenoxy) is 1.